The van der Waals surface area contributed by atoms with E-state index in [1.54, 1.807) is 18.2 Å². The molecule has 1 aromatic heterocycles. The standard InChI is InChI=1S/C16H17FN2O2S/c17-12-4-3-5-13-11(12)10-14(22-13)16(21)18-7-6-15(20)19-8-1-2-9-19/h3-5,10H,1-2,6-9H2,(H,18,21). The quantitative estimate of drug-likeness (QED) is 0.942. The number of nitrogens with zero attached hydrogens (tertiary/aromatic N) is 1. The van der Waals surface area contributed by atoms with Crippen LogP contribution in [0.3, 0.4) is 0 Å². The summed E-state index contributed by atoms with van der Waals surface area (Å²) in [6.45, 7) is 1.95. The maximum Gasteiger partial charge on any atom is 0.261 e. The zero-order valence-corrected chi connectivity index (χ0v) is 12.9. The molecule has 22 heavy (non-hydrogen) atoms. The fraction of sp³-hybridized carbons (Fsp3) is 0.375. The molecular weight excluding hydrogens is 303 g/mol. The Morgan fingerprint density at radius 3 is 2.77 bits per heavy atom. The molecule has 116 valence electrons. The predicted octanol–water partition coefficient (Wildman–Crippen LogP) is 2.78. The second-order valence-electron chi connectivity index (χ2n) is 5.36. The molecule has 0 saturated carbocycles. The summed E-state index contributed by atoms with van der Waals surface area (Å²) in [6, 6.07) is 6.36. The van der Waals surface area contributed by atoms with E-state index < -0.39 is 0 Å². The molecule has 0 aliphatic carbocycles. The van der Waals surface area contributed by atoms with E-state index >= 15 is 0 Å². The van der Waals surface area contributed by atoms with E-state index in [9.17, 15) is 14.0 Å². The first-order chi connectivity index (χ1) is 10.6. The van der Waals surface area contributed by atoms with E-state index in [2.05, 4.69) is 5.32 Å². The Bertz CT molecular complexity index is 707. The van der Waals surface area contributed by atoms with Crippen molar-refractivity contribution in [2.24, 2.45) is 0 Å². The van der Waals surface area contributed by atoms with Gasteiger partial charge in [0.15, 0.2) is 0 Å². The van der Waals surface area contributed by atoms with Crippen LogP contribution in [0.4, 0.5) is 4.39 Å². The van der Waals surface area contributed by atoms with Crippen molar-refractivity contribution in [1.29, 1.82) is 0 Å². The Kier molecular flexibility index (Phi) is 4.38. The average molecular weight is 320 g/mol. The molecule has 1 aliphatic rings. The third kappa shape index (κ3) is 3.11. The molecule has 3 rings (SSSR count). The van der Waals surface area contributed by atoms with Gasteiger partial charge >= 0.3 is 0 Å². The molecule has 0 bridgehead atoms. The third-order valence-corrected chi connectivity index (χ3v) is 4.91. The van der Waals surface area contributed by atoms with Crippen LogP contribution in [0.15, 0.2) is 24.3 Å². The van der Waals surface area contributed by atoms with Crippen molar-refractivity contribution in [3.63, 3.8) is 0 Å². The number of likely N-dealkylation sites (tertiary alicyclic amines) is 1. The van der Waals surface area contributed by atoms with Crippen LogP contribution in [0.1, 0.15) is 28.9 Å². The van der Waals surface area contributed by atoms with Gasteiger partial charge in [-0.15, -0.1) is 11.3 Å². The van der Waals surface area contributed by atoms with Crippen molar-refractivity contribution < 1.29 is 14.0 Å². The molecule has 1 fully saturated rings. The molecule has 2 amide bonds. The summed E-state index contributed by atoms with van der Waals surface area (Å²) in [6.07, 6.45) is 2.43. The molecule has 1 N–H and O–H groups in total. The molecule has 1 aliphatic heterocycles. The van der Waals surface area contributed by atoms with Crippen LogP contribution in [0.25, 0.3) is 10.1 Å². The van der Waals surface area contributed by atoms with E-state index in [0.29, 0.717) is 23.2 Å². The van der Waals surface area contributed by atoms with Crippen molar-refractivity contribution in [3.05, 3.63) is 35.0 Å². The number of fused-ring (bicyclic) bond motifs is 1. The van der Waals surface area contributed by atoms with Gasteiger partial charge in [0.25, 0.3) is 5.91 Å². The molecule has 4 nitrogen and oxygen atoms in total. The number of thiophene rings is 1. The number of nitrogens with one attached hydrogen (secondary N) is 1. The summed E-state index contributed by atoms with van der Waals surface area (Å²) in [5, 5.41) is 3.20. The Balaban J connectivity index is 1.56. The molecule has 2 aromatic rings. The van der Waals surface area contributed by atoms with Gasteiger partial charge in [-0.1, -0.05) is 6.07 Å². The molecule has 1 saturated heterocycles. The van der Waals surface area contributed by atoms with E-state index in [0.717, 1.165) is 30.6 Å². The lowest BCUT2D eigenvalue weighted by atomic mass is 10.2. The summed E-state index contributed by atoms with van der Waals surface area (Å²) >= 11 is 1.26. The fourth-order valence-electron chi connectivity index (χ4n) is 2.63. The lowest BCUT2D eigenvalue weighted by molar-refractivity contribution is -0.129. The van der Waals surface area contributed by atoms with Crippen LogP contribution in [-0.2, 0) is 4.79 Å². The second kappa shape index (κ2) is 6.44. The lowest BCUT2D eigenvalue weighted by Gasteiger charge is -2.14. The summed E-state index contributed by atoms with van der Waals surface area (Å²) in [4.78, 5) is 26.3. The molecule has 2 heterocycles. The van der Waals surface area contributed by atoms with Gasteiger partial charge < -0.3 is 10.2 Å². The van der Waals surface area contributed by atoms with Gasteiger partial charge in [0.1, 0.15) is 5.82 Å². The zero-order valence-electron chi connectivity index (χ0n) is 12.1. The van der Waals surface area contributed by atoms with E-state index in [-0.39, 0.29) is 17.6 Å². The van der Waals surface area contributed by atoms with Gasteiger partial charge in [0, 0.05) is 36.1 Å². The van der Waals surface area contributed by atoms with Gasteiger partial charge in [-0.2, -0.15) is 0 Å². The summed E-state index contributed by atoms with van der Waals surface area (Å²) in [7, 11) is 0. The van der Waals surface area contributed by atoms with Crippen LogP contribution in [0, 0.1) is 5.82 Å². The van der Waals surface area contributed by atoms with Gasteiger partial charge in [-0.05, 0) is 31.0 Å². The highest BCUT2D eigenvalue weighted by molar-refractivity contribution is 7.20. The minimum absolute atomic E-state index is 0.0835. The normalized spacial score (nSPS) is 14.5. The monoisotopic (exact) mass is 320 g/mol. The number of amides is 2. The van der Waals surface area contributed by atoms with Crippen molar-refractivity contribution in [1.82, 2.24) is 10.2 Å². The lowest BCUT2D eigenvalue weighted by Crippen LogP contribution is -2.32. The number of carbonyl (C=O) groups is 2. The van der Waals surface area contributed by atoms with Gasteiger partial charge in [0.05, 0.1) is 4.88 Å². The summed E-state index contributed by atoms with van der Waals surface area (Å²) in [5.41, 5.74) is 0. The number of benzene rings is 1. The maximum absolute atomic E-state index is 13.6. The number of hydrogen-bond acceptors (Lipinski definition) is 3. The SMILES string of the molecule is O=C(NCCC(=O)N1CCCC1)c1cc2c(F)cccc2s1. The third-order valence-electron chi connectivity index (χ3n) is 3.82. The first-order valence-electron chi connectivity index (χ1n) is 7.39. The largest absolute Gasteiger partial charge is 0.351 e. The van der Waals surface area contributed by atoms with Crippen molar-refractivity contribution >= 4 is 33.2 Å². The molecular formula is C16H17FN2O2S. The highest BCUT2D eigenvalue weighted by atomic mass is 32.1. The topological polar surface area (TPSA) is 49.4 Å². The average Bonchev–Trinajstić information content (AvgIpc) is 3.17. The van der Waals surface area contributed by atoms with Crippen LogP contribution >= 0.6 is 11.3 Å². The van der Waals surface area contributed by atoms with Crippen molar-refractivity contribution in [3.8, 4) is 0 Å². The summed E-state index contributed by atoms with van der Waals surface area (Å²) < 4.78 is 14.4. The zero-order chi connectivity index (χ0) is 15.5. The Labute approximate surface area is 131 Å². The van der Waals surface area contributed by atoms with Gasteiger partial charge in [0.2, 0.25) is 5.91 Å². The van der Waals surface area contributed by atoms with Crippen LogP contribution < -0.4 is 5.32 Å². The number of carbonyl (C=O) groups excluding carboxylic acids is 2. The predicted molar refractivity (Wildman–Crippen MR) is 84.5 cm³/mol. The highest BCUT2D eigenvalue weighted by Gasteiger charge is 2.18. The van der Waals surface area contributed by atoms with E-state index in [1.165, 1.54) is 17.4 Å². The Hall–Kier alpha value is -1.95. The Morgan fingerprint density at radius 2 is 2.05 bits per heavy atom. The first-order valence-corrected chi connectivity index (χ1v) is 8.21. The van der Waals surface area contributed by atoms with E-state index in [4.69, 9.17) is 0 Å². The second-order valence-corrected chi connectivity index (χ2v) is 6.44. The maximum atomic E-state index is 13.6. The summed E-state index contributed by atoms with van der Waals surface area (Å²) in [5.74, 6) is -0.494. The highest BCUT2D eigenvalue weighted by Crippen LogP contribution is 2.27. The van der Waals surface area contributed by atoms with Crippen molar-refractivity contribution in [2.45, 2.75) is 19.3 Å². The number of hydrogen-bond donors (Lipinski definition) is 1. The molecule has 6 heteroatoms. The van der Waals surface area contributed by atoms with Gasteiger partial charge in [-0.25, -0.2) is 4.39 Å². The Morgan fingerprint density at radius 1 is 1.27 bits per heavy atom. The van der Waals surface area contributed by atoms with Gasteiger partial charge in [-0.3, -0.25) is 9.59 Å². The fourth-order valence-corrected chi connectivity index (χ4v) is 3.62. The number of halogens is 1. The minimum atomic E-state index is -0.322. The molecule has 0 unspecified atom stereocenters. The minimum Gasteiger partial charge on any atom is -0.351 e. The van der Waals surface area contributed by atoms with Crippen LogP contribution in [0.2, 0.25) is 0 Å². The smallest absolute Gasteiger partial charge is 0.261 e. The van der Waals surface area contributed by atoms with Crippen molar-refractivity contribution in [2.75, 3.05) is 19.6 Å². The molecule has 1 aromatic carbocycles. The first kappa shape index (κ1) is 15.0. The van der Waals surface area contributed by atoms with Crippen LogP contribution in [-0.4, -0.2) is 36.3 Å². The number of rotatable bonds is 4. The van der Waals surface area contributed by atoms with Crippen LogP contribution in [0.5, 0.6) is 0 Å². The van der Waals surface area contributed by atoms with E-state index in [1.807, 2.05) is 4.90 Å². The molecule has 0 radical (unpaired) electrons. The molecule has 0 spiro atoms. The molecule has 0 atom stereocenters.